The molecule has 5 aromatic carbocycles. The Balaban J connectivity index is 1.33. The van der Waals surface area contributed by atoms with Crippen molar-refractivity contribution in [1.82, 2.24) is 14.8 Å². The van der Waals surface area contributed by atoms with E-state index in [4.69, 9.17) is 0 Å². The summed E-state index contributed by atoms with van der Waals surface area (Å²) in [4.78, 5) is 8.22. The van der Waals surface area contributed by atoms with Crippen molar-refractivity contribution in [2.45, 2.75) is 35.5 Å². The van der Waals surface area contributed by atoms with Crippen LogP contribution >= 0.6 is 11.8 Å². The Kier molecular flexibility index (Phi) is 9.09. The molecule has 7 aromatic rings. The molecule has 0 bridgehead atoms. The molecule has 1 atom stereocenters. The molecule has 8 rings (SSSR count). The number of hydrogen-bond acceptors (Lipinski definition) is 4. The van der Waals surface area contributed by atoms with Crippen molar-refractivity contribution in [2.75, 3.05) is 17.7 Å². The first-order valence-electron chi connectivity index (χ1n) is 17.3. The highest BCUT2D eigenvalue weighted by molar-refractivity contribution is 7.98. The van der Waals surface area contributed by atoms with E-state index in [9.17, 15) is 0 Å². The highest BCUT2D eigenvalue weighted by Gasteiger charge is 2.44. The number of halogens is 3. The van der Waals surface area contributed by atoms with E-state index < -0.39 is 17.4 Å². The molecule has 1 fully saturated rings. The lowest BCUT2D eigenvalue weighted by Gasteiger charge is -2.38. The number of aromatic nitrogens is 3. The van der Waals surface area contributed by atoms with E-state index in [0.29, 0.717) is 5.56 Å². The number of piperidine rings is 1. The molecule has 0 amide bonds. The summed E-state index contributed by atoms with van der Waals surface area (Å²) in [6, 6.07) is 45.0. The highest BCUT2D eigenvalue weighted by Crippen LogP contribution is 2.45. The van der Waals surface area contributed by atoms with Gasteiger partial charge in [0.15, 0.2) is 5.69 Å². The zero-order valence-electron chi connectivity index (χ0n) is 28.5. The van der Waals surface area contributed by atoms with E-state index in [1.165, 1.54) is 15.1 Å². The van der Waals surface area contributed by atoms with Crippen molar-refractivity contribution in [3.63, 3.8) is 0 Å². The van der Waals surface area contributed by atoms with Gasteiger partial charge in [0.1, 0.15) is 5.54 Å². The first-order chi connectivity index (χ1) is 25.4. The molecule has 0 saturated carbocycles. The second kappa shape index (κ2) is 14.0. The molecule has 52 heavy (non-hydrogen) atoms. The Morgan fingerprint density at radius 3 is 1.92 bits per heavy atom. The number of rotatable bonds is 8. The van der Waals surface area contributed by atoms with Crippen molar-refractivity contribution in [2.24, 2.45) is 0 Å². The predicted octanol–water partition coefficient (Wildman–Crippen LogP) is 11.2. The van der Waals surface area contributed by atoms with Crippen LogP contribution < -0.4 is 4.90 Å². The van der Waals surface area contributed by atoms with Crippen molar-refractivity contribution in [3.8, 4) is 11.1 Å². The first kappa shape index (κ1) is 33.8. The molecule has 3 heterocycles. The summed E-state index contributed by atoms with van der Waals surface area (Å²) >= 11 is 1.71. The van der Waals surface area contributed by atoms with Crippen LogP contribution in [0.3, 0.4) is 0 Å². The van der Waals surface area contributed by atoms with Crippen LogP contribution in [0.1, 0.15) is 46.8 Å². The van der Waals surface area contributed by atoms with Gasteiger partial charge in [-0.3, -0.25) is 9.67 Å². The number of hydrogen-bond donors (Lipinski definition) is 0. The van der Waals surface area contributed by atoms with Gasteiger partial charge in [-0.15, -0.1) is 11.8 Å². The van der Waals surface area contributed by atoms with E-state index in [1.54, 1.807) is 30.2 Å². The second-order valence-corrected chi connectivity index (χ2v) is 13.9. The third-order valence-electron chi connectivity index (χ3n) is 10.1. The number of anilines is 1. The normalized spacial score (nSPS) is 15.2. The van der Waals surface area contributed by atoms with Crippen molar-refractivity contribution in [1.29, 1.82) is 0 Å². The van der Waals surface area contributed by atoms with Crippen LogP contribution in [0.25, 0.3) is 22.0 Å². The molecule has 8 heteroatoms. The molecule has 0 N–H and O–H groups in total. The second-order valence-electron chi connectivity index (χ2n) is 13.0. The monoisotopic (exact) mass is 709 g/mol. The lowest BCUT2D eigenvalue weighted by molar-refractivity contribution is -0.141. The number of fused-ring (bicyclic) bond motifs is 1. The van der Waals surface area contributed by atoms with Crippen molar-refractivity contribution < 1.29 is 13.2 Å². The molecule has 1 aliphatic rings. The Bertz CT molecular complexity index is 2190. The summed E-state index contributed by atoms with van der Waals surface area (Å²) in [6.07, 6.45) is 4.80. The van der Waals surface area contributed by atoms with Crippen molar-refractivity contribution in [3.05, 3.63) is 186 Å². The summed E-state index contributed by atoms with van der Waals surface area (Å²) in [6.45, 7) is 0.789. The Morgan fingerprint density at radius 2 is 1.35 bits per heavy atom. The van der Waals surface area contributed by atoms with Gasteiger partial charge in [0.05, 0.1) is 11.6 Å². The van der Waals surface area contributed by atoms with Gasteiger partial charge in [-0.25, -0.2) is 0 Å². The average Bonchev–Trinajstić information content (AvgIpc) is 3.66. The first-order valence-corrected chi connectivity index (χ1v) is 18.6. The Morgan fingerprint density at radius 1 is 0.731 bits per heavy atom. The maximum absolute atomic E-state index is 15.2. The fraction of sp³-hybridized carbons (Fsp3) is 0.159. The average molecular weight is 710 g/mol. The summed E-state index contributed by atoms with van der Waals surface area (Å²) in [5, 5.41) is 5.28. The number of nitrogens with zero attached hydrogens (tertiary/aromatic N) is 4. The van der Waals surface area contributed by atoms with Crippen LogP contribution in [-0.4, -0.2) is 27.6 Å². The third-order valence-corrected chi connectivity index (χ3v) is 10.8. The molecule has 2 aromatic heterocycles. The van der Waals surface area contributed by atoms with Gasteiger partial charge in [-0.05, 0) is 83.7 Å². The van der Waals surface area contributed by atoms with E-state index in [-0.39, 0.29) is 11.6 Å². The molecule has 1 radical (unpaired) electrons. The van der Waals surface area contributed by atoms with Gasteiger partial charge >= 0.3 is 6.18 Å². The molecule has 0 aliphatic carbocycles. The molecule has 1 unspecified atom stereocenters. The van der Waals surface area contributed by atoms with Gasteiger partial charge in [0, 0.05) is 40.5 Å². The van der Waals surface area contributed by atoms with Crippen LogP contribution in [-0.2, 0) is 11.7 Å². The molecule has 0 spiro atoms. The zero-order chi connectivity index (χ0) is 35.7. The van der Waals surface area contributed by atoms with E-state index in [0.717, 1.165) is 52.7 Å². The largest absolute Gasteiger partial charge is 0.435 e. The smallest absolute Gasteiger partial charge is 0.364 e. The lowest BCUT2D eigenvalue weighted by atomic mass is 9.77. The van der Waals surface area contributed by atoms with Gasteiger partial charge in [0.2, 0.25) is 0 Å². The third kappa shape index (κ3) is 6.05. The summed E-state index contributed by atoms with van der Waals surface area (Å²) < 4.78 is 47.2. The van der Waals surface area contributed by atoms with E-state index >= 15 is 13.2 Å². The van der Waals surface area contributed by atoms with Crippen molar-refractivity contribution >= 4 is 28.4 Å². The minimum Gasteiger partial charge on any atom is -0.364 e. The van der Waals surface area contributed by atoms with E-state index in [1.807, 2.05) is 109 Å². The van der Waals surface area contributed by atoms with Crippen LogP contribution in [0.2, 0.25) is 0 Å². The molecule has 1 saturated heterocycles. The fourth-order valence-electron chi connectivity index (χ4n) is 7.67. The number of benzene rings is 5. The number of thioether (sulfide) groups is 1. The fourth-order valence-corrected chi connectivity index (χ4v) is 8.08. The van der Waals surface area contributed by atoms with Gasteiger partial charge in [0.25, 0.3) is 0 Å². The summed E-state index contributed by atoms with van der Waals surface area (Å²) in [5.41, 5.74) is 3.54. The van der Waals surface area contributed by atoms with Gasteiger partial charge in [-0.1, -0.05) is 109 Å². The standard InChI is InChI=1S/C44H36F3N4S/c1-52-36-23-20-31(21-24-36)40-19-11-12-28-50(40)41-26-27-48-39-25-22-32(29-37(39)41)38-30-51(49-42(38)44(45,46)47)43(33-13-5-2-6-14-33,34-15-7-3-8-16-34)35-17-9-4-10-18-35/h2-11,13-18,20-27,29-30,40H,12,19,28H2,1H3. The molecule has 259 valence electrons. The summed E-state index contributed by atoms with van der Waals surface area (Å²) in [7, 11) is 0. The predicted molar refractivity (Wildman–Crippen MR) is 204 cm³/mol. The topological polar surface area (TPSA) is 34.0 Å². The van der Waals surface area contributed by atoms with Crippen LogP contribution in [0.4, 0.5) is 18.9 Å². The van der Waals surface area contributed by atoms with Gasteiger partial charge in [-0.2, -0.15) is 18.3 Å². The quantitative estimate of drug-likeness (QED) is 0.116. The molecular formula is C44H36F3N4S. The number of alkyl halides is 3. The SMILES string of the molecule is CSc1ccc(C2C[CH]CCN2c2ccnc3ccc(-c4cn(C(c5ccccc5)(c5ccccc5)c5ccccc5)nc4C(F)(F)F)cc23)cc1. The van der Waals surface area contributed by atoms with Crippen LogP contribution in [0.5, 0.6) is 0 Å². The summed E-state index contributed by atoms with van der Waals surface area (Å²) in [5.74, 6) is 0. The zero-order valence-corrected chi connectivity index (χ0v) is 29.4. The Labute approximate surface area is 306 Å². The van der Waals surface area contributed by atoms with Crippen LogP contribution in [0.15, 0.2) is 157 Å². The van der Waals surface area contributed by atoms with E-state index in [2.05, 4.69) is 51.9 Å². The Hall–Kier alpha value is -5.34. The molecular weight excluding hydrogens is 674 g/mol. The number of pyridine rings is 1. The van der Waals surface area contributed by atoms with Crippen LogP contribution in [0, 0.1) is 6.42 Å². The highest BCUT2D eigenvalue weighted by atomic mass is 32.2. The lowest BCUT2D eigenvalue weighted by Crippen LogP contribution is -2.38. The minimum atomic E-state index is -4.72. The maximum atomic E-state index is 15.2. The minimum absolute atomic E-state index is 0.00699. The van der Waals surface area contributed by atoms with Gasteiger partial charge < -0.3 is 4.90 Å². The molecule has 4 nitrogen and oxygen atoms in total. The maximum Gasteiger partial charge on any atom is 0.435 e. The molecule has 1 aliphatic heterocycles.